The summed E-state index contributed by atoms with van der Waals surface area (Å²) in [7, 11) is 0. The minimum atomic E-state index is 0.0580. The molecule has 0 aliphatic heterocycles. The molecule has 8 heteroatoms. The lowest BCUT2D eigenvalue weighted by atomic mass is 10.0. The van der Waals surface area contributed by atoms with Gasteiger partial charge in [0.2, 0.25) is 5.82 Å². The molecule has 0 bridgehead atoms. The van der Waals surface area contributed by atoms with E-state index in [9.17, 15) is 4.79 Å². The van der Waals surface area contributed by atoms with Gasteiger partial charge in [-0.15, -0.1) is 10.2 Å². The van der Waals surface area contributed by atoms with Crippen LogP contribution in [0.1, 0.15) is 35.9 Å². The molecule has 36 heavy (non-hydrogen) atoms. The van der Waals surface area contributed by atoms with Crippen LogP contribution in [0.4, 0.5) is 0 Å². The summed E-state index contributed by atoms with van der Waals surface area (Å²) in [5.74, 6) is 0.527. The molecular formula is C28H29N7O. The first-order valence-electron chi connectivity index (χ1n) is 12.3. The van der Waals surface area contributed by atoms with Gasteiger partial charge in [-0.3, -0.25) is 14.1 Å². The van der Waals surface area contributed by atoms with Gasteiger partial charge in [0.15, 0.2) is 0 Å². The lowest BCUT2D eigenvalue weighted by Gasteiger charge is -2.10. The van der Waals surface area contributed by atoms with Gasteiger partial charge in [0, 0.05) is 41.5 Å². The Morgan fingerprint density at radius 3 is 2.42 bits per heavy atom. The molecule has 3 aromatic heterocycles. The first kappa shape index (κ1) is 23.4. The number of pyridine rings is 1. The fraction of sp³-hybridized carbons (Fsp3) is 0.250. The van der Waals surface area contributed by atoms with E-state index in [1.807, 2.05) is 33.4 Å². The monoisotopic (exact) mass is 479 g/mol. The molecule has 0 fully saturated rings. The van der Waals surface area contributed by atoms with Crippen molar-refractivity contribution in [2.45, 2.75) is 46.2 Å². The molecular weight excluding hydrogens is 450 g/mol. The predicted molar refractivity (Wildman–Crippen MR) is 140 cm³/mol. The maximum absolute atomic E-state index is 13.5. The van der Waals surface area contributed by atoms with Crippen LogP contribution in [0.2, 0.25) is 0 Å². The van der Waals surface area contributed by atoms with E-state index in [-0.39, 0.29) is 5.69 Å². The topological polar surface area (TPSA) is 94.3 Å². The second-order valence-electron chi connectivity index (χ2n) is 8.89. The third-order valence-electron chi connectivity index (χ3n) is 6.58. The predicted octanol–water partition coefficient (Wildman–Crippen LogP) is 4.44. The van der Waals surface area contributed by atoms with E-state index < -0.39 is 0 Å². The number of hydrogen-bond donors (Lipinski definition) is 1. The van der Waals surface area contributed by atoms with Crippen molar-refractivity contribution < 1.29 is 0 Å². The van der Waals surface area contributed by atoms with Crippen LogP contribution in [0.15, 0.2) is 77.9 Å². The van der Waals surface area contributed by atoms with Crippen molar-refractivity contribution in [3.05, 3.63) is 106 Å². The minimum Gasteiger partial charge on any atom is -0.296 e. The molecule has 8 nitrogen and oxygen atoms in total. The quantitative estimate of drug-likeness (QED) is 0.337. The van der Waals surface area contributed by atoms with Gasteiger partial charge in [-0.2, -0.15) is 5.21 Å². The largest absolute Gasteiger partial charge is 0.328 e. The Balaban J connectivity index is 1.41. The third-order valence-corrected chi connectivity index (χ3v) is 6.58. The summed E-state index contributed by atoms with van der Waals surface area (Å²) in [6.45, 7) is 5.44. The number of imidazole rings is 1. The lowest BCUT2D eigenvalue weighted by Crippen LogP contribution is -2.26. The number of nitrogens with one attached hydrogen (secondary N) is 1. The second-order valence-corrected chi connectivity index (χ2v) is 8.89. The van der Waals surface area contributed by atoms with Gasteiger partial charge < -0.3 is 0 Å². The zero-order chi connectivity index (χ0) is 24.9. The Hall–Kier alpha value is -4.33. The second kappa shape index (κ2) is 10.5. The first-order valence-corrected chi connectivity index (χ1v) is 12.3. The molecule has 0 spiro atoms. The molecule has 5 aromatic rings. The van der Waals surface area contributed by atoms with Crippen molar-refractivity contribution in [1.82, 2.24) is 34.7 Å². The molecule has 182 valence electrons. The summed E-state index contributed by atoms with van der Waals surface area (Å²) in [6.07, 6.45) is 6.22. The van der Waals surface area contributed by atoms with Crippen LogP contribution in [0, 0.1) is 6.92 Å². The van der Waals surface area contributed by atoms with Crippen LogP contribution >= 0.6 is 0 Å². The number of aromatic nitrogens is 7. The molecule has 0 saturated carbocycles. The number of hydrogen-bond acceptors (Lipinski definition) is 5. The Bertz CT molecular complexity index is 1480. The zero-order valence-electron chi connectivity index (χ0n) is 20.6. The Kier molecular flexibility index (Phi) is 6.84. The van der Waals surface area contributed by atoms with Crippen LogP contribution in [-0.4, -0.2) is 34.7 Å². The number of benzene rings is 2. The molecule has 1 N–H and O–H groups in total. The van der Waals surface area contributed by atoms with E-state index in [0.717, 1.165) is 52.9 Å². The normalized spacial score (nSPS) is 11.2. The maximum Gasteiger partial charge on any atom is 0.328 e. The number of nitrogens with zero attached hydrogens (tertiary/aromatic N) is 6. The van der Waals surface area contributed by atoms with Crippen molar-refractivity contribution in [3.63, 3.8) is 0 Å². The van der Waals surface area contributed by atoms with Gasteiger partial charge in [-0.25, -0.2) is 4.79 Å². The van der Waals surface area contributed by atoms with Crippen molar-refractivity contribution >= 4 is 0 Å². The smallest absolute Gasteiger partial charge is 0.296 e. The molecule has 0 atom stereocenters. The molecule has 5 rings (SSSR count). The molecule has 2 aromatic carbocycles. The van der Waals surface area contributed by atoms with Crippen molar-refractivity contribution in [1.29, 1.82) is 0 Å². The zero-order valence-corrected chi connectivity index (χ0v) is 20.6. The van der Waals surface area contributed by atoms with Gasteiger partial charge in [-0.1, -0.05) is 67.9 Å². The van der Waals surface area contributed by atoms with Gasteiger partial charge in [-0.05, 0) is 47.7 Å². The van der Waals surface area contributed by atoms with Crippen LogP contribution in [0.5, 0.6) is 0 Å². The molecule has 0 radical (unpaired) electrons. The highest BCUT2D eigenvalue weighted by atomic mass is 16.1. The van der Waals surface area contributed by atoms with Gasteiger partial charge in [0.25, 0.3) is 0 Å². The standard InChI is InChI=1S/C28H29N7O/c1-3-7-26-20(2)34(17-15-21-8-5-4-6-9-21)28(36)35(26)19-22-10-12-23(13-11-22)25-18-29-16-14-24(25)27-30-32-33-31-27/h4-6,8-14,16,18H,3,7,15,17,19H2,1-2H3,(H,30,31,32,33). The fourth-order valence-electron chi connectivity index (χ4n) is 4.69. The SMILES string of the molecule is CCCc1c(C)n(CCc2ccccc2)c(=O)n1Cc1ccc(-c2cnccc2-c2nn[nH]n2)cc1. The Labute approximate surface area is 209 Å². The summed E-state index contributed by atoms with van der Waals surface area (Å²) in [5.41, 5.74) is 7.34. The molecule has 3 heterocycles. The minimum absolute atomic E-state index is 0.0580. The van der Waals surface area contributed by atoms with E-state index in [1.165, 1.54) is 5.56 Å². The fourth-order valence-corrected chi connectivity index (χ4v) is 4.69. The highest BCUT2D eigenvalue weighted by Crippen LogP contribution is 2.29. The number of aryl methyl sites for hydroxylation is 1. The summed E-state index contributed by atoms with van der Waals surface area (Å²) in [5, 5.41) is 14.4. The molecule has 0 saturated heterocycles. The first-order chi connectivity index (χ1) is 17.7. The molecule has 0 amide bonds. The summed E-state index contributed by atoms with van der Waals surface area (Å²) >= 11 is 0. The van der Waals surface area contributed by atoms with Crippen LogP contribution in [-0.2, 0) is 25.9 Å². The lowest BCUT2D eigenvalue weighted by molar-refractivity contribution is 0.621. The summed E-state index contributed by atoms with van der Waals surface area (Å²) in [6, 6.07) is 20.4. The number of H-pyrrole nitrogens is 1. The van der Waals surface area contributed by atoms with Crippen molar-refractivity contribution in [2.75, 3.05) is 0 Å². The van der Waals surface area contributed by atoms with E-state index in [2.05, 4.69) is 75.9 Å². The summed E-state index contributed by atoms with van der Waals surface area (Å²) < 4.78 is 3.87. The van der Waals surface area contributed by atoms with Crippen LogP contribution < -0.4 is 5.69 Å². The average Bonchev–Trinajstić information content (AvgIpc) is 3.53. The van der Waals surface area contributed by atoms with E-state index in [0.29, 0.717) is 18.9 Å². The highest BCUT2D eigenvalue weighted by molar-refractivity contribution is 5.79. The van der Waals surface area contributed by atoms with Crippen LogP contribution in [0.25, 0.3) is 22.5 Å². The Morgan fingerprint density at radius 2 is 1.69 bits per heavy atom. The van der Waals surface area contributed by atoms with Crippen molar-refractivity contribution in [3.8, 4) is 22.5 Å². The molecule has 0 aliphatic carbocycles. The van der Waals surface area contributed by atoms with Crippen molar-refractivity contribution in [2.24, 2.45) is 0 Å². The highest BCUT2D eigenvalue weighted by Gasteiger charge is 2.17. The molecule has 0 aliphatic rings. The van der Waals surface area contributed by atoms with E-state index >= 15 is 0 Å². The number of tetrazole rings is 1. The van der Waals surface area contributed by atoms with Gasteiger partial charge in [0.05, 0.1) is 6.54 Å². The van der Waals surface area contributed by atoms with Gasteiger partial charge >= 0.3 is 5.69 Å². The van der Waals surface area contributed by atoms with Gasteiger partial charge in [0.1, 0.15) is 0 Å². The summed E-state index contributed by atoms with van der Waals surface area (Å²) in [4.78, 5) is 17.8. The average molecular weight is 480 g/mol. The Morgan fingerprint density at radius 1 is 0.889 bits per heavy atom. The third kappa shape index (κ3) is 4.75. The van der Waals surface area contributed by atoms with E-state index in [1.54, 1.807) is 12.4 Å². The number of aromatic amines is 1. The van der Waals surface area contributed by atoms with E-state index in [4.69, 9.17) is 0 Å². The maximum atomic E-state index is 13.5. The van der Waals surface area contributed by atoms with Crippen LogP contribution in [0.3, 0.4) is 0 Å². The number of rotatable bonds is 9. The molecule has 0 unspecified atom stereocenters.